The highest BCUT2D eigenvalue weighted by molar-refractivity contribution is 5.37. The van der Waals surface area contributed by atoms with E-state index < -0.39 is 0 Å². The van der Waals surface area contributed by atoms with Gasteiger partial charge in [0.2, 0.25) is 0 Å². The molecule has 3 nitrogen and oxygen atoms in total. The predicted molar refractivity (Wildman–Crippen MR) is 81.2 cm³/mol. The van der Waals surface area contributed by atoms with Gasteiger partial charge in [-0.25, -0.2) is 5.43 Å². The van der Waals surface area contributed by atoms with Gasteiger partial charge in [-0.1, -0.05) is 30.7 Å². The molecule has 1 aliphatic rings. The van der Waals surface area contributed by atoms with Crippen molar-refractivity contribution in [1.29, 1.82) is 0 Å². The number of benzene rings is 1. The normalized spacial score (nSPS) is 16.7. The number of hydrogen-bond acceptors (Lipinski definition) is 3. The summed E-state index contributed by atoms with van der Waals surface area (Å²) in [7, 11) is 0. The molecular formula is C17H21N3. The Morgan fingerprint density at radius 2 is 1.95 bits per heavy atom. The van der Waals surface area contributed by atoms with Crippen LogP contribution in [0.3, 0.4) is 0 Å². The molecule has 0 bridgehead atoms. The molecule has 3 rings (SSSR count). The van der Waals surface area contributed by atoms with Gasteiger partial charge in [-0.2, -0.15) is 0 Å². The largest absolute Gasteiger partial charge is 0.271 e. The number of hydrogen-bond donors (Lipinski definition) is 2. The standard InChI is InChI=1S/C17H21N3/c1-12-11-19-10-9-16(12)17(20-18)15-7-5-14(6-8-15)13-3-2-4-13/h5-11,13,17,20H,2-4,18H2,1H3. The van der Waals surface area contributed by atoms with E-state index in [1.54, 1.807) is 0 Å². The van der Waals surface area contributed by atoms with Crippen molar-refractivity contribution in [1.82, 2.24) is 10.4 Å². The third-order valence-electron chi connectivity index (χ3n) is 4.39. The van der Waals surface area contributed by atoms with Crippen LogP contribution >= 0.6 is 0 Å². The van der Waals surface area contributed by atoms with Gasteiger partial charge in [0, 0.05) is 12.4 Å². The Bertz CT molecular complexity index is 573. The number of nitrogens with zero attached hydrogens (tertiary/aromatic N) is 1. The summed E-state index contributed by atoms with van der Waals surface area (Å²) >= 11 is 0. The molecule has 1 heterocycles. The molecule has 0 aliphatic heterocycles. The topological polar surface area (TPSA) is 50.9 Å². The summed E-state index contributed by atoms with van der Waals surface area (Å²) in [6.45, 7) is 2.06. The lowest BCUT2D eigenvalue weighted by molar-refractivity contribution is 0.419. The van der Waals surface area contributed by atoms with Gasteiger partial charge in [-0.05, 0) is 54.0 Å². The molecule has 1 aromatic carbocycles. The second kappa shape index (κ2) is 5.73. The molecule has 0 spiro atoms. The maximum Gasteiger partial charge on any atom is 0.0713 e. The SMILES string of the molecule is Cc1cnccc1C(NN)c1ccc(C2CCC2)cc1. The molecule has 2 aromatic rings. The molecule has 3 heteroatoms. The number of nitrogens with one attached hydrogen (secondary N) is 1. The van der Waals surface area contributed by atoms with Crippen molar-refractivity contribution in [2.75, 3.05) is 0 Å². The summed E-state index contributed by atoms with van der Waals surface area (Å²) in [5.41, 5.74) is 7.91. The monoisotopic (exact) mass is 267 g/mol. The lowest BCUT2D eigenvalue weighted by Gasteiger charge is -2.26. The van der Waals surface area contributed by atoms with Crippen LogP contribution in [-0.4, -0.2) is 4.98 Å². The summed E-state index contributed by atoms with van der Waals surface area (Å²) in [6.07, 6.45) is 7.73. The van der Waals surface area contributed by atoms with Crippen molar-refractivity contribution in [3.05, 3.63) is 65.0 Å². The summed E-state index contributed by atoms with van der Waals surface area (Å²) in [4.78, 5) is 4.14. The Hall–Kier alpha value is -1.71. The highest BCUT2D eigenvalue weighted by atomic mass is 15.2. The Labute approximate surface area is 120 Å². The molecule has 3 N–H and O–H groups in total. The first-order chi connectivity index (χ1) is 9.79. The van der Waals surface area contributed by atoms with E-state index in [1.165, 1.54) is 36.0 Å². The Morgan fingerprint density at radius 3 is 2.50 bits per heavy atom. The second-order valence-electron chi connectivity index (χ2n) is 5.63. The van der Waals surface area contributed by atoms with E-state index >= 15 is 0 Å². The van der Waals surface area contributed by atoms with Crippen molar-refractivity contribution in [3.8, 4) is 0 Å². The highest BCUT2D eigenvalue weighted by Gasteiger charge is 2.20. The molecule has 104 valence electrons. The van der Waals surface area contributed by atoms with E-state index in [4.69, 9.17) is 5.84 Å². The number of hydrazine groups is 1. The van der Waals surface area contributed by atoms with Gasteiger partial charge in [0.1, 0.15) is 0 Å². The summed E-state index contributed by atoms with van der Waals surface area (Å²) in [5.74, 6) is 6.54. The fourth-order valence-corrected chi connectivity index (χ4v) is 2.88. The Kier molecular flexibility index (Phi) is 3.81. The molecule has 0 radical (unpaired) electrons. The van der Waals surface area contributed by atoms with Gasteiger partial charge in [0.05, 0.1) is 6.04 Å². The van der Waals surface area contributed by atoms with Crippen LogP contribution in [0.1, 0.15) is 53.5 Å². The molecule has 1 unspecified atom stereocenters. The minimum atomic E-state index is 0.0217. The predicted octanol–water partition coefficient (Wildman–Crippen LogP) is 3.21. The zero-order valence-electron chi connectivity index (χ0n) is 11.8. The van der Waals surface area contributed by atoms with E-state index in [2.05, 4.69) is 41.6 Å². The number of rotatable bonds is 4. The van der Waals surface area contributed by atoms with Crippen LogP contribution in [0.15, 0.2) is 42.7 Å². The highest BCUT2D eigenvalue weighted by Crippen LogP contribution is 2.36. The van der Waals surface area contributed by atoms with E-state index in [9.17, 15) is 0 Å². The van der Waals surface area contributed by atoms with Crippen LogP contribution < -0.4 is 11.3 Å². The van der Waals surface area contributed by atoms with Crippen LogP contribution in [0.5, 0.6) is 0 Å². The molecule has 0 amide bonds. The summed E-state index contributed by atoms with van der Waals surface area (Å²) < 4.78 is 0. The molecule has 1 fully saturated rings. The van der Waals surface area contributed by atoms with Crippen molar-refractivity contribution >= 4 is 0 Å². The number of aryl methyl sites for hydroxylation is 1. The average molecular weight is 267 g/mol. The molecule has 1 atom stereocenters. The summed E-state index contributed by atoms with van der Waals surface area (Å²) in [5, 5.41) is 0. The third kappa shape index (κ3) is 2.47. The number of aromatic nitrogens is 1. The van der Waals surface area contributed by atoms with E-state index in [-0.39, 0.29) is 6.04 Å². The second-order valence-corrected chi connectivity index (χ2v) is 5.63. The average Bonchev–Trinajstić information content (AvgIpc) is 2.41. The smallest absolute Gasteiger partial charge is 0.0713 e. The molecule has 1 aliphatic carbocycles. The maximum atomic E-state index is 5.77. The zero-order chi connectivity index (χ0) is 13.9. The van der Waals surface area contributed by atoms with E-state index in [0.717, 1.165) is 11.5 Å². The number of nitrogens with two attached hydrogens (primary N) is 1. The van der Waals surface area contributed by atoms with E-state index in [0.29, 0.717) is 0 Å². The fraction of sp³-hybridized carbons (Fsp3) is 0.353. The van der Waals surface area contributed by atoms with Gasteiger partial charge in [-0.15, -0.1) is 0 Å². The van der Waals surface area contributed by atoms with Gasteiger partial charge >= 0.3 is 0 Å². The van der Waals surface area contributed by atoms with Gasteiger partial charge in [0.15, 0.2) is 0 Å². The molecule has 0 saturated heterocycles. The van der Waals surface area contributed by atoms with Crippen LogP contribution in [0, 0.1) is 6.92 Å². The van der Waals surface area contributed by atoms with Crippen LogP contribution in [-0.2, 0) is 0 Å². The molecule has 20 heavy (non-hydrogen) atoms. The van der Waals surface area contributed by atoms with Crippen molar-refractivity contribution in [3.63, 3.8) is 0 Å². The van der Waals surface area contributed by atoms with Crippen molar-refractivity contribution in [2.24, 2.45) is 5.84 Å². The maximum absolute atomic E-state index is 5.77. The first-order valence-electron chi connectivity index (χ1n) is 7.26. The van der Waals surface area contributed by atoms with E-state index in [1.807, 2.05) is 18.5 Å². The van der Waals surface area contributed by atoms with Crippen molar-refractivity contribution in [2.45, 2.75) is 38.1 Å². The van der Waals surface area contributed by atoms with Gasteiger partial charge in [0.25, 0.3) is 0 Å². The van der Waals surface area contributed by atoms with Crippen LogP contribution in [0.4, 0.5) is 0 Å². The lowest BCUT2D eigenvalue weighted by Crippen LogP contribution is -2.29. The molecule has 1 saturated carbocycles. The Morgan fingerprint density at radius 1 is 1.20 bits per heavy atom. The third-order valence-corrected chi connectivity index (χ3v) is 4.39. The minimum absolute atomic E-state index is 0.0217. The Balaban J connectivity index is 1.87. The first-order valence-corrected chi connectivity index (χ1v) is 7.26. The lowest BCUT2D eigenvalue weighted by atomic mass is 9.79. The number of pyridine rings is 1. The minimum Gasteiger partial charge on any atom is -0.271 e. The summed E-state index contributed by atoms with van der Waals surface area (Å²) in [6, 6.07) is 10.9. The fourth-order valence-electron chi connectivity index (χ4n) is 2.88. The zero-order valence-corrected chi connectivity index (χ0v) is 11.8. The van der Waals surface area contributed by atoms with Gasteiger partial charge < -0.3 is 0 Å². The van der Waals surface area contributed by atoms with Crippen molar-refractivity contribution < 1.29 is 0 Å². The van der Waals surface area contributed by atoms with Gasteiger partial charge in [-0.3, -0.25) is 10.8 Å². The molecular weight excluding hydrogens is 246 g/mol. The van der Waals surface area contributed by atoms with Crippen LogP contribution in [0.2, 0.25) is 0 Å². The molecule has 1 aromatic heterocycles. The first kappa shape index (κ1) is 13.3. The van der Waals surface area contributed by atoms with Crippen LogP contribution in [0.25, 0.3) is 0 Å². The quantitative estimate of drug-likeness (QED) is 0.660.